The SMILES string of the molecule is CN(CC(=O)c1ccccc1Cl)c1ccccc1F. The van der Waals surface area contributed by atoms with Crippen LogP contribution in [0.3, 0.4) is 0 Å². The van der Waals surface area contributed by atoms with E-state index in [4.69, 9.17) is 11.6 Å². The van der Waals surface area contributed by atoms with Crippen molar-refractivity contribution in [3.05, 3.63) is 64.9 Å². The Kier molecular flexibility index (Phi) is 4.17. The van der Waals surface area contributed by atoms with Crippen LogP contribution in [0.1, 0.15) is 10.4 Å². The molecule has 2 rings (SSSR count). The third-order valence-corrected chi connectivity index (χ3v) is 3.15. The predicted molar refractivity (Wildman–Crippen MR) is 75.5 cm³/mol. The van der Waals surface area contributed by atoms with Gasteiger partial charge < -0.3 is 4.90 Å². The number of halogens is 2. The summed E-state index contributed by atoms with van der Waals surface area (Å²) in [6, 6.07) is 13.2. The van der Waals surface area contributed by atoms with Gasteiger partial charge in [0.1, 0.15) is 5.82 Å². The summed E-state index contributed by atoms with van der Waals surface area (Å²) in [6.07, 6.45) is 0. The minimum absolute atomic E-state index is 0.0741. The maximum absolute atomic E-state index is 13.6. The Morgan fingerprint density at radius 3 is 2.47 bits per heavy atom. The van der Waals surface area contributed by atoms with Crippen LogP contribution in [0.25, 0.3) is 0 Å². The molecule has 2 aromatic carbocycles. The van der Waals surface area contributed by atoms with Gasteiger partial charge in [-0.25, -0.2) is 4.39 Å². The van der Waals surface area contributed by atoms with E-state index < -0.39 is 0 Å². The molecule has 0 saturated carbocycles. The number of nitrogens with zero attached hydrogens (tertiary/aromatic N) is 1. The third-order valence-electron chi connectivity index (χ3n) is 2.82. The second-order valence-corrected chi connectivity index (χ2v) is 4.62. The maximum Gasteiger partial charge on any atom is 0.183 e. The van der Waals surface area contributed by atoms with Gasteiger partial charge in [0.2, 0.25) is 0 Å². The van der Waals surface area contributed by atoms with E-state index in [2.05, 4.69) is 0 Å². The second kappa shape index (κ2) is 5.85. The Balaban J connectivity index is 2.16. The number of hydrogen-bond acceptors (Lipinski definition) is 2. The molecular formula is C15H13ClFNO. The molecule has 0 unspecified atom stereocenters. The molecule has 98 valence electrons. The van der Waals surface area contributed by atoms with Crippen molar-refractivity contribution in [3.63, 3.8) is 0 Å². The third kappa shape index (κ3) is 3.12. The molecule has 0 fully saturated rings. The molecule has 2 nitrogen and oxygen atoms in total. The van der Waals surface area contributed by atoms with E-state index in [1.54, 1.807) is 54.4 Å². The lowest BCUT2D eigenvalue weighted by molar-refractivity contribution is 0.100. The van der Waals surface area contributed by atoms with Crippen molar-refractivity contribution < 1.29 is 9.18 Å². The fraction of sp³-hybridized carbons (Fsp3) is 0.133. The fourth-order valence-electron chi connectivity index (χ4n) is 1.83. The largest absolute Gasteiger partial charge is 0.365 e. The topological polar surface area (TPSA) is 20.3 Å². The van der Waals surface area contributed by atoms with Crippen molar-refractivity contribution in [3.8, 4) is 0 Å². The first kappa shape index (κ1) is 13.6. The van der Waals surface area contributed by atoms with Gasteiger partial charge >= 0.3 is 0 Å². The van der Waals surface area contributed by atoms with Crippen molar-refractivity contribution in [2.45, 2.75) is 0 Å². The van der Waals surface area contributed by atoms with Crippen LogP contribution in [-0.4, -0.2) is 19.4 Å². The summed E-state index contributed by atoms with van der Waals surface area (Å²) in [5, 5.41) is 0.412. The van der Waals surface area contributed by atoms with Crippen molar-refractivity contribution in [1.29, 1.82) is 0 Å². The summed E-state index contributed by atoms with van der Waals surface area (Å²) < 4.78 is 13.6. The van der Waals surface area contributed by atoms with E-state index in [0.29, 0.717) is 16.3 Å². The molecule has 0 aliphatic carbocycles. The van der Waals surface area contributed by atoms with Gasteiger partial charge in [0.05, 0.1) is 17.3 Å². The molecule has 0 saturated heterocycles. The molecule has 0 bridgehead atoms. The Bertz CT molecular complexity index is 600. The molecule has 0 heterocycles. The van der Waals surface area contributed by atoms with Gasteiger partial charge in [-0.3, -0.25) is 4.79 Å². The summed E-state index contributed by atoms with van der Waals surface area (Å²) >= 11 is 5.97. The van der Waals surface area contributed by atoms with E-state index >= 15 is 0 Å². The highest BCUT2D eigenvalue weighted by atomic mass is 35.5. The number of para-hydroxylation sites is 1. The summed E-state index contributed by atoms with van der Waals surface area (Å²) in [5.41, 5.74) is 0.843. The van der Waals surface area contributed by atoms with Gasteiger partial charge in [0.25, 0.3) is 0 Å². The Labute approximate surface area is 116 Å². The van der Waals surface area contributed by atoms with Crippen molar-refractivity contribution in [2.75, 3.05) is 18.5 Å². The van der Waals surface area contributed by atoms with E-state index in [0.717, 1.165) is 0 Å². The molecule has 0 aromatic heterocycles. The number of carbonyl (C=O) groups is 1. The normalized spacial score (nSPS) is 10.3. The molecule has 0 radical (unpaired) electrons. The van der Waals surface area contributed by atoms with Crippen LogP contribution in [0, 0.1) is 5.82 Å². The lowest BCUT2D eigenvalue weighted by Gasteiger charge is -2.19. The van der Waals surface area contributed by atoms with E-state index in [-0.39, 0.29) is 18.1 Å². The molecule has 4 heteroatoms. The van der Waals surface area contributed by atoms with Gasteiger partial charge in [-0.1, -0.05) is 35.9 Å². The minimum Gasteiger partial charge on any atom is -0.365 e. The van der Waals surface area contributed by atoms with Crippen LogP contribution in [0.5, 0.6) is 0 Å². The van der Waals surface area contributed by atoms with Gasteiger partial charge in [-0.15, -0.1) is 0 Å². The molecule has 2 aromatic rings. The molecule has 0 N–H and O–H groups in total. The summed E-state index contributed by atoms with van der Waals surface area (Å²) in [6.45, 7) is 0.0741. The Hall–Kier alpha value is -1.87. The standard InChI is InChI=1S/C15H13ClFNO/c1-18(14-9-5-4-8-13(14)17)10-15(19)11-6-2-3-7-12(11)16/h2-9H,10H2,1H3. The molecular weight excluding hydrogens is 265 g/mol. The summed E-state index contributed by atoms with van der Waals surface area (Å²) in [5.74, 6) is -0.492. The molecule has 0 amide bonds. The van der Waals surface area contributed by atoms with Crippen LogP contribution in [0.2, 0.25) is 5.02 Å². The molecule has 0 spiro atoms. The van der Waals surface area contributed by atoms with E-state index in [1.807, 2.05) is 0 Å². The number of anilines is 1. The zero-order chi connectivity index (χ0) is 13.8. The first-order chi connectivity index (χ1) is 9.09. The number of benzene rings is 2. The number of Topliss-reactive ketones (excluding diaryl/α,β-unsaturated/α-hetero) is 1. The lowest BCUT2D eigenvalue weighted by Crippen LogP contribution is -2.26. The zero-order valence-electron chi connectivity index (χ0n) is 10.4. The van der Waals surface area contributed by atoms with E-state index in [9.17, 15) is 9.18 Å². The first-order valence-corrected chi connectivity index (χ1v) is 6.21. The fourth-order valence-corrected chi connectivity index (χ4v) is 2.08. The second-order valence-electron chi connectivity index (χ2n) is 4.21. The molecule has 0 atom stereocenters. The summed E-state index contributed by atoms with van der Waals surface area (Å²) in [7, 11) is 1.67. The van der Waals surface area contributed by atoms with Crippen molar-refractivity contribution in [2.24, 2.45) is 0 Å². The number of rotatable bonds is 4. The van der Waals surface area contributed by atoms with Crippen molar-refractivity contribution >= 4 is 23.1 Å². The average Bonchev–Trinajstić information content (AvgIpc) is 2.39. The number of hydrogen-bond donors (Lipinski definition) is 0. The van der Waals surface area contributed by atoms with Crippen molar-refractivity contribution in [1.82, 2.24) is 0 Å². The molecule has 0 aliphatic rings. The maximum atomic E-state index is 13.6. The predicted octanol–water partition coefficient (Wildman–Crippen LogP) is 3.80. The van der Waals surface area contributed by atoms with Crippen LogP contribution >= 0.6 is 11.6 Å². The van der Waals surface area contributed by atoms with Crippen LogP contribution in [0.15, 0.2) is 48.5 Å². The van der Waals surface area contributed by atoms with E-state index in [1.165, 1.54) is 6.07 Å². The lowest BCUT2D eigenvalue weighted by atomic mass is 10.1. The van der Waals surface area contributed by atoms with Gasteiger partial charge in [-0.2, -0.15) is 0 Å². The highest BCUT2D eigenvalue weighted by Crippen LogP contribution is 2.19. The van der Waals surface area contributed by atoms with Crippen LogP contribution in [0.4, 0.5) is 10.1 Å². The number of carbonyl (C=O) groups excluding carboxylic acids is 1. The number of likely N-dealkylation sites (N-methyl/N-ethyl adjacent to an activating group) is 1. The quantitative estimate of drug-likeness (QED) is 0.793. The monoisotopic (exact) mass is 277 g/mol. The molecule has 0 aliphatic heterocycles. The smallest absolute Gasteiger partial charge is 0.183 e. The zero-order valence-corrected chi connectivity index (χ0v) is 11.2. The molecule has 19 heavy (non-hydrogen) atoms. The van der Waals surface area contributed by atoms with Crippen LogP contribution in [-0.2, 0) is 0 Å². The number of ketones is 1. The minimum atomic E-state index is -0.350. The summed E-state index contributed by atoms with van der Waals surface area (Å²) in [4.78, 5) is 13.7. The Morgan fingerprint density at radius 1 is 1.16 bits per heavy atom. The first-order valence-electron chi connectivity index (χ1n) is 5.83. The Morgan fingerprint density at radius 2 is 1.79 bits per heavy atom. The van der Waals surface area contributed by atoms with Crippen LogP contribution < -0.4 is 4.90 Å². The average molecular weight is 278 g/mol. The highest BCUT2D eigenvalue weighted by Gasteiger charge is 2.14. The van der Waals surface area contributed by atoms with Gasteiger partial charge in [0, 0.05) is 12.6 Å². The van der Waals surface area contributed by atoms with Gasteiger partial charge in [0.15, 0.2) is 5.78 Å². The highest BCUT2D eigenvalue weighted by molar-refractivity contribution is 6.34. The van der Waals surface area contributed by atoms with Gasteiger partial charge in [-0.05, 0) is 24.3 Å².